The molecule has 1 aliphatic heterocycles. The van der Waals surface area contributed by atoms with Gasteiger partial charge in [0.25, 0.3) is 5.56 Å². The molecule has 0 saturated heterocycles. The van der Waals surface area contributed by atoms with Gasteiger partial charge in [-0.15, -0.1) is 0 Å². The van der Waals surface area contributed by atoms with E-state index in [0.717, 1.165) is 17.7 Å². The molecule has 0 amide bonds. The van der Waals surface area contributed by atoms with Gasteiger partial charge in [-0.3, -0.25) is 4.79 Å². The predicted molar refractivity (Wildman–Crippen MR) is 115 cm³/mol. The van der Waals surface area contributed by atoms with Crippen LogP contribution in [-0.2, 0) is 6.18 Å². The average Bonchev–Trinajstić information content (AvgIpc) is 3.29. The van der Waals surface area contributed by atoms with Crippen molar-refractivity contribution >= 4 is 11.4 Å². The van der Waals surface area contributed by atoms with Crippen molar-refractivity contribution in [2.45, 2.75) is 25.6 Å². The molecule has 6 nitrogen and oxygen atoms in total. The largest absolute Gasteiger partial charge is 0.497 e. The summed E-state index contributed by atoms with van der Waals surface area (Å²) in [5.74, 6) is 0.671. The number of ether oxygens (including phenoxy) is 1. The van der Waals surface area contributed by atoms with Gasteiger partial charge in [-0.05, 0) is 42.8 Å². The molecule has 1 unspecified atom stereocenters. The zero-order valence-electron chi connectivity index (χ0n) is 17.3. The predicted octanol–water partition coefficient (Wildman–Crippen LogP) is 4.75. The highest BCUT2D eigenvalue weighted by molar-refractivity contribution is 6.16. The summed E-state index contributed by atoms with van der Waals surface area (Å²) >= 11 is 0. The van der Waals surface area contributed by atoms with Crippen molar-refractivity contribution in [2.75, 3.05) is 7.11 Å². The Hall–Kier alpha value is -3.75. The smallest absolute Gasteiger partial charge is 0.416 e. The monoisotopic (exact) mass is 440 g/mol. The maximum Gasteiger partial charge on any atom is 0.416 e. The number of rotatable bonds is 5. The lowest BCUT2D eigenvalue weighted by atomic mass is 10.0. The van der Waals surface area contributed by atoms with Gasteiger partial charge in [0.05, 0.1) is 35.8 Å². The van der Waals surface area contributed by atoms with E-state index in [0.29, 0.717) is 34.9 Å². The second-order valence-corrected chi connectivity index (χ2v) is 7.30. The Morgan fingerprint density at radius 2 is 1.75 bits per heavy atom. The zero-order valence-corrected chi connectivity index (χ0v) is 17.3. The van der Waals surface area contributed by atoms with E-state index >= 15 is 0 Å². The summed E-state index contributed by atoms with van der Waals surface area (Å²) < 4.78 is 44.9. The molecule has 1 atom stereocenters. The van der Waals surface area contributed by atoms with Crippen LogP contribution in [0.4, 0.5) is 13.2 Å². The Kier molecular flexibility index (Phi) is 5.65. The summed E-state index contributed by atoms with van der Waals surface area (Å²) in [5.41, 5.74) is 2.05. The third kappa shape index (κ3) is 4.32. The number of aromatic nitrogens is 2. The summed E-state index contributed by atoms with van der Waals surface area (Å²) in [4.78, 5) is 12.5. The molecule has 9 heteroatoms. The summed E-state index contributed by atoms with van der Waals surface area (Å²) in [7, 11) is 1.57. The van der Waals surface area contributed by atoms with Crippen LogP contribution in [0.25, 0.3) is 11.3 Å². The highest BCUT2D eigenvalue weighted by atomic mass is 19.4. The topological polar surface area (TPSA) is 68.8 Å². The third-order valence-electron chi connectivity index (χ3n) is 5.23. The Morgan fingerprint density at radius 1 is 1.00 bits per heavy atom. The van der Waals surface area contributed by atoms with Crippen molar-refractivity contribution < 1.29 is 17.9 Å². The van der Waals surface area contributed by atoms with Crippen molar-refractivity contribution in [3.63, 3.8) is 0 Å². The molecule has 0 fully saturated rings. The highest BCUT2D eigenvalue weighted by Crippen LogP contribution is 2.30. The van der Waals surface area contributed by atoms with Crippen LogP contribution in [0.5, 0.6) is 5.75 Å². The van der Waals surface area contributed by atoms with Crippen molar-refractivity contribution in [1.29, 1.82) is 0 Å². The van der Waals surface area contributed by atoms with E-state index < -0.39 is 17.8 Å². The van der Waals surface area contributed by atoms with Gasteiger partial charge in [0.1, 0.15) is 5.75 Å². The van der Waals surface area contributed by atoms with E-state index in [1.54, 1.807) is 20.1 Å². The van der Waals surface area contributed by atoms with Crippen LogP contribution in [0, 0.1) is 0 Å². The molecule has 0 spiro atoms. The van der Waals surface area contributed by atoms with E-state index in [9.17, 15) is 18.0 Å². The maximum atomic E-state index is 12.8. The first-order valence-electron chi connectivity index (χ1n) is 9.81. The lowest BCUT2D eigenvalue weighted by molar-refractivity contribution is -0.137. The lowest BCUT2D eigenvalue weighted by Gasteiger charge is -2.15. The fraction of sp³-hybridized carbons (Fsp3) is 0.217. The number of benzene rings is 2. The van der Waals surface area contributed by atoms with Crippen LogP contribution in [0.2, 0.25) is 0 Å². The summed E-state index contributed by atoms with van der Waals surface area (Å²) in [6, 6.07) is 14.7. The summed E-state index contributed by atoms with van der Waals surface area (Å²) in [6.45, 7) is 1.79. The minimum Gasteiger partial charge on any atom is -0.497 e. The standard InChI is InChI=1S/C23H19F3N4O2/c1-14(20-13-21(28-27-20)15-6-8-17(9-7-15)23(24,25)26)30-22(31)11-10-19(29-30)16-4-3-5-18(12-16)32-2/h3-12,14H,13H2,1-2H3. The fourth-order valence-corrected chi connectivity index (χ4v) is 3.39. The lowest BCUT2D eigenvalue weighted by Crippen LogP contribution is -2.30. The molecule has 0 N–H and O–H groups in total. The van der Waals surface area contributed by atoms with E-state index in [4.69, 9.17) is 4.74 Å². The molecule has 0 saturated carbocycles. The SMILES string of the molecule is COc1cccc(-c2ccc(=O)n(C(C)C3=NN=C(c4ccc(C(F)(F)F)cc4)C3)n2)c1. The minimum atomic E-state index is -4.40. The van der Waals surface area contributed by atoms with Crippen LogP contribution < -0.4 is 10.3 Å². The average molecular weight is 440 g/mol. The van der Waals surface area contributed by atoms with Gasteiger partial charge in [-0.1, -0.05) is 24.3 Å². The molecular formula is C23H19F3N4O2. The van der Waals surface area contributed by atoms with Crippen molar-refractivity contribution in [2.24, 2.45) is 10.2 Å². The summed E-state index contributed by atoms with van der Waals surface area (Å²) in [6.07, 6.45) is -4.09. The number of hydrogen-bond donors (Lipinski definition) is 0. The molecule has 2 heterocycles. The first-order valence-corrected chi connectivity index (χ1v) is 9.81. The molecular weight excluding hydrogens is 421 g/mol. The quantitative estimate of drug-likeness (QED) is 0.575. The van der Waals surface area contributed by atoms with Crippen LogP contribution in [0.15, 0.2) is 75.7 Å². The molecule has 3 aromatic rings. The Balaban J connectivity index is 1.54. The van der Waals surface area contributed by atoms with Crippen LogP contribution in [0.3, 0.4) is 0 Å². The fourth-order valence-electron chi connectivity index (χ4n) is 3.39. The Morgan fingerprint density at radius 3 is 2.44 bits per heavy atom. The highest BCUT2D eigenvalue weighted by Gasteiger charge is 2.30. The molecule has 0 aliphatic carbocycles. The van der Waals surface area contributed by atoms with Gasteiger partial charge in [0.15, 0.2) is 0 Å². The molecule has 32 heavy (non-hydrogen) atoms. The Bertz CT molecular complexity index is 1260. The number of alkyl halides is 3. The molecule has 0 radical (unpaired) electrons. The zero-order chi connectivity index (χ0) is 22.9. The van der Waals surface area contributed by atoms with E-state index in [1.807, 2.05) is 24.3 Å². The summed E-state index contributed by atoms with van der Waals surface area (Å²) in [5, 5.41) is 12.8. The van der Waals surface area contributed by atoms with Crippen molar-refractivity contribution in [3.05, 3.63) is 82.1 Å². The van der Waals surface area contributed by atoms with Gasteiger partial charge >= 0.3 is 6.18 Å². The van der Waals surface area contributed by atoms with Crippen molar-refractivity contribution in [1.82, 2.24) is 9.78 Å². The van der Waals surface area contributed by atoms with E-state index in [-0.39, 0.29) is 5.56 Å². The second-order valence-electron chi connectivity index (χ2n) is 7.30. The number of halogens is 3. The molecule has 164 valence electrons. The Labute approximate surface area is 181 Å². The van der Waals surface area contributed by atoms with E-state index in [2.05, 4.69) is 15.3 Å². The van der Waals surface area contributed by atoms with Crippen LogP contribution in [-0.4, -0.2) is 28.3 Å². The first-order chi connectivity index (χ1) is 15.3. The molecule has 1 aromatic heterocycles. The van der Waals surface area contributed by atoms with E-state index in [1.165, 1.54) is 22.9 Å². The minimum absolute atomic E-state index is 0.296. The molecule has 0 bridgehead atoms. The van der Waals surface area contributed by atoms with Gasteiger partial charge in [-0.2, -0.15) is 28.5 Å². The first kappa shape index (κ1) is 21.5. The van der Waals surface area contributed by atoms with Gasteiger partial charge in [-0.25, -0.2) is 4.68 Å². The van der Waals surface area contributed by atoms with Crippen LogP contribution in [0.1, 0.15) is 30.5 Å². The molecule has 4 rings (SSSR count). The third-order valence-corrected chi connectivity index (χ3v) is 5.23. The van der Waals surface area contributed by atoms with Gasteiger partial charge < -0.3 is 4.74 Å². The second kappa shape index (κ2) is 8.41. The number of methoxy groups -OCH3 is 1. The van der Waals surface area contributed by atoms with Gasteiger partial charge in [0, 0.05) is 18.1 Å². The maximum absolute atomic E-state index is 12.8. The molecule has 1 aliphatic rings. The normalized spacial score (nSPS) is 14.7. The number of hydrogen-bond acceptors (Lipinski definition) is 5. The van der Waals surface area contributed by atoms with Crippen molar-refractivity contribution in [3.8, 4) is 17.0 Å². The van der Waals surface area contributed by atoms with Crippen LogP contribution >= 0.6 is 0 Å². The number of nitrogens with zero attached hydrogens (tertiary/aromatic N) is 4. The molecule has 2 aromatic carbocycles. The van der Waals surface area contributed by atoms with Gasteiger partial charge in [0.2, 0.25) is 0 Å².